The van der Waals surface area contributed by atoms with Crippen molar-refractivity contribution in [3.63, 3.8) is 0 Å². The molecule has 0 heterocycles. The number of rotatable bonds is 10. The molecular formula is C26H39P. The fourth-order valence-corrected chi connectivity index (χ4v) is 6.38. The highest BCUT2D eigenvalue weighted by Gasteiger charge is 2.17. The van der Waals surface area contributed by atoms with E-state index in [4.69, 9.17) is 0 Å². The topological polar surface area (TPSA) is 0 Å². The van der Waals surface area contributed by atoms with Crippen LogP contribution in [0.3, 0.4) is 0 Å². The van der Waals surface area contributed by atoms with Crippen LogP contribution in [0.1, 0.15) is 76.6 Å². The molecule has 0 nitrogen and oxygen atoms in total. The van der Waals surface area contributed by atoms with Crippen LogP contribution in [0.5, 0.6) is 0 Å². The maximum absolute atomic E-state index is 2.51. The Morgan fingerprint density at radius 2 is 1.00 bits per heavy atom. The second-order valence-electron chi connectivity index (χ2n) is 7.88. The normalized spacial score (nSPS) is 12.6. The first-order valence-corrected chi connectivity index (χ1v) is 12.6. The molecule has 1 unspecified atom stereocenters. The minimum atomic E-state index is -0.277. The van der Waals surface area contributed by atoms with Gasteiger partial charge in [-0.25, -0.2) is 0 Å². The van der Waals surface area contributed by atoms with Gasteiger partial charge < -0.3 is 0 Å². The van der Waals surface area contributed by atoms with Gasteiger partial charge in [0, 0.05) is 0 Å². The summed E-state index contributed by atoms with van der Waals surface area (Å²) in [6, 6.07) is 14.8. The van der Waals surface area contributed by atoms with Crippen LogP contribution < -0.4 is 10.6 Å². The third-order valence-electron chi connectivity index (χ3n) is 5.87. The van der Waals surface area contributed by atoms with E-state index in [0.29, 0.717) is 0 Å². The van der Waals surface area contributed by atoms with Crippen LogP contribution in [0.4, 0.5) is 0 Å². The summed E-state index contributed by atoms with van der Waals surface area (Å²) in [6.07, 6.45) is 8.45. The quantitative estimate of drug-likeness (QED) is 0.396. The molecule has 0 saturated heterocycles. The fourth-order valence-electron chi connectivity index (χ4n) is 3.58. The third kappa shape index (κ3) is 6.18. The molecule has 0 aromatic heterocycles. The van der Waals surface area contributed by atoms with Gasteiger partial charge in [-0.3, -0.25) is 0 Å². The lowest BCUT2D eigenvalue weighted by Crippen LogP contribution is -2.18. The molecule has 1 atom stereocenters. The molecule has 0 N–H and O–H groups in total. The van der Waals surface area contributed by atoms with E-state index in [1.54, 1.807) is 10.6 Å². The highest BCUT2D eigenvalue weighted by Crippen LogP contribution is 2.37. The summed E-state index contributed by atoms with van der Waals surface area (Å²) in [7, 11) is -0.277. The van der Waals surface area contributed by atoms with Gasteiger partial charge in [0.05, 0.1) is 0 Å². The van der Waals surface area contributed by atoms with Crippen molar-refractivity contribution in [2.24, 2.45) is 5.92 Å². The van der Waals surface area contributed by atoms with E-state index in [1.165, 1.54) is 41.3 Å². The molecular weight excluding hydrogens is 343 g/mol. The summed E-state index contributed by atoms with van der Waals surface area (Å²) in [5.74, 6) is 0.815. The van der Waals surface area contributed by atoms with Gasteiger partial charge in [0.15, 0.2) is 0 Å². The molecule has 0 aliphatic heterocycles. The molecule has 2 aromatic carbocycles. The molecule has 0 radical (unpaired) electrons. The minimum absolute atomic E-state index is 0.277. The van der Waals surface area contributed by atoms with Gasteiger partial charge in [0.25, 0.3) is 0 Å². The van der Waals surface area contributed by atoms with E-state index in [1.807, 2.05) is 0 Å². The summed E-state index contributed by atoms with van der Waals surface area (Å²) in [5, 5.41) is 3.19. The molecule has 0 fully saturated rings. The average Bonchev–Trinajstić information content (AvgIpc) is 2.72. The van der Waals surface area contributed by atoms with Crippen molar-refractivity contribution in [2.45, 2.75) is 80.1 Å². The number of benzene rings is 2. The lowest BCUT2D eigenvalue weighted by molar-refractivity contribution is 0.548. The van der Waals surface area contributed by atoms with Crippen molar-refractivity contribution in [3.05, 3.63) is 58.7 Å². The van der Waals surface area contributed by atoms with E-state index < -0.39 is 0 Å². The summed E-state index contributed by atoms with van der Waals surface area (Å²) >= 11 is 0. The maximum Gasteiger partial charge on any atom is -0.0190 e. The Labute approximate surface area is 169 Å². The van der Waals surface area contributed by atoms with E-state index in [0.717, 1.165) is 31.6 Å². The maximum atomic E-state index is 2.51. The van der Waals surface area contributed by atoms with Crippen LogP contribution in [0.2, 0.25) is 0 Å². The highest BCUT2D eigenvalue weighted by atomic mass is 31.1. The first-order valence-electron chi connectivity index (χ1n) is 11.1. The largest absolute Gasteiger partial charge is 0.0651 e. The van der Waals surface area contributed by atoms with Gasteiger partial charge >= 0.3 is 0 Å². The number of hydrogen-bond acceptors (Lipinski definition) is 0. The van der Waals surface area contributed by atoms with Gasteiger partial charge in [0.1, 0.15) is 0 Å². The van der Waals surface area contributed by atoms with Gasteiger partial charge in [-0.05, 0) is 85.0 Å². The Balaban J connectivity index is 2.51. The zero-order valence-electron chi connectivity index (χ0n) is 18.4. The van der Waals surface area contributed by atoms with E-state index in [-0.39, 0.29) is 7.92 Å². The monoisotopic (exact) mass is 382 g/mol. The molecule has 0 aliphatic carbocycles. The number of aryl methyl sites for hydroxylation is 4. The Kier molecular flexibility index (Phi) is 9.04. The summed E-state index contributed by atoms with van der Waals surface area (Å²) in [5.41, 5.74) is 6.01. The van der Waals surface area contributed by atoms with Crippen LogP contribution >= 0.6 is 7.92 Å². The van der Waals surface area contributed by atoms with Crippen molar-refractivity contribution >= 4 is 18.5 Å². The Morgan fingerprint density at radius 3 is 1.30 bits per heavy atom. The van der Waals surface area contributed by atoms with Crippen LogP contribution in [0.15, 0.2) is 36.4 Å². The summed E-state index contributed by atoms with van der Waals surface area (Å²) < 4.78 is 0. The lowest BCUT2D eigenvalue weighted by atomic mass is 10.1. The van der Waals surface area contributed by atoms with Crippen LogP contribution in [0, 0.1) is 5.92 Å². The summed E-state index contributed by atoms with van der Waals surface area (Å²) in [4.78, 5) is 0. The second kappa shape index (κ2) is 11.0. The lowest BCUT2D eigenvalue weighted by Gasteiger charge is -2.23. The average molecular weight is 383 g/mol. The van der Waals surface area contributed by atoms with Crippen molar-refractivity contribution < 1.29 is 0 Å². The zero-order chi connectivity index (χ0) is 19.8. The van der Waals surface area contributed by atoms with Gasteiger partial charge in [-0.1, -0.05) is 84.4 Å². The molecule has 0 bridgehead atoms. The third-order valence-corrected chi connectivity index (χ3v) is 8.34. The van der Waals surface area contributed by atoms with Gasteiger partial charge in [-0.2, -0.15) is 0 Å². The van der Waals surface area contributed by atoms with Gasteiger partial charge in [-0.15, -0.1) is 0 Å². The highest BCUT2D eigenvalue weighted by molar-refractivity contribution is 7.73. The molecule has 2 rings (SSSR count). The molecule has 0 amide bonds. The Bertz CT molecular complexity index is 616. The molecule has 0 saturated carbocycles. The molecule has 2 aromatic rings. The van der Waals surface area contributed by atoms with Gasteiger partial charge in [0.2, 0.25) is 0 Å². The first-order chi connectivity index (χ1) is 13.0. The van der Waals surface area contributed by atoms with Crippen molar-refractivity contribution in [1.82, 2.24) is 0 Å². The van der Waals surface area contributed by atoms with Crippen LogP contribution in [-0.4, -0.2) is 6.16 Å². The first kappa shape index (κ1) is 22.2. The van der Waals surface area contributed by atoms with E-state index in [2.05, 4.69) is 77.9 Å². The van der Waals surface area contributed by atoms with Crippen LogP contribution in [-0.2, 0) is 25.7 Å². The van der Waals surface area contributed by atoms with E-state index in [9.17, 15) is 0 Å². The van der Waals surface area contributed by atoms with Crippen molar-refractivity contribution in [2.75, 3.05) is 6.16 Å². The molecule has 27 heavy (non-hydrogen) atoms. The standard InChI is InChI=1S/C26H39P/c1-7-20(6)12-13-27(25-16-21(8-2)14-22(9-3)17-25)26-18-23(10-4)15-24(11-5)19-26/h14-20H,7-13H2,1-6H3. The minimum Gasteiger partial charge on any atom is -0.0651 e. The molecule has 0 aliphatic rings. The van der Waals surface area contributed by atoms with E-state index >= 15 is 0 Å². The predicted octanol–water partition coefficient (Wildman–Crippen LogP) is 6.81. The Morgan fingerprint density at radius 1 is 0.630 bits per heavy atom. The van der Waals surface area contributed by atoms with Crippen molar-refractivity contribution in [1.29, 1.82) is 0 Å². The SMILES string of the molecule is CCc1cc(CC)cc(P(CCC(C)CC)c2cc(CC)cc(CC)c2)c1. The predicted molar refractivity (Wildman–Crippen MR) is 126 cm³/mol. The Hall–Kier alpha value is -1.13. The van der Waals surface area contributed by atoms with Crippen molar-refractivity contribution in [3.8, 4) is 0 Å². The summed E-state index contributed by atoms with van der Waals surface area (Å²) in [6.45, 7) is 13.9. The number of hydrogen-bond donors (Lipinski definition) is 0. The van der Waals surface area contributed by atoms with Crippen LogP contribution in [0.25, 0.3) is 0 Å². The molecule has 1 heteroatoms. The fraction of sp³-hybridized carbons (Fsp3) is 0.538. The smallest absolute Gasteiger partial charge is 0.0190 e. The molecule has 148 valence electrons. The second-order valence-corrected chi connectivity index (χ2v) is 10.2. The molecule has 0 spiro atoms. The zero-order valence-corrected chi connectivity index (χ0v) is 19.3.